The van der Waals surface area contributed by atoms with Crippen molar-refractivity contribution in [2.75, 3.05) is 13.2 Å². The Kier molecular flexibility index (Phi) is 3.45. The summed E-state index contributed by atoms with van der Waals surface area (Å²) in [6.07, 6.45) is 0. The lowest BCUT2D eigenvalue weighted by atomic mass is 10.2. The van der Waals surface area contributed by atoms with E-state index in [4.69, 9.17) is 9.47 Å². The van der Waals surface area contributed by atoms with Crippen LogP contribution < -0.4 is 4.74 Å². The molecule has 1 unspecified atom stereocenters. The molecule has 1 atom stereocenters. The lowest BCUT2D eigenvalue weighted by Gasteiger charge is -2.07. The van der Waals surface area contributed by atoms with Crippen LogP contribution in [0.4, 0.5) is 0 Å². The van der Waals surface area contributed by atoms with Gasteiger partial charge in [0, 0.05) is 5.56 Å². The molecule has 0 bridgehead atoms. The van der Waals surface area contributed by atoms with Crippen molar-refractivity contribution in [3.63, 3.8) is 0 Å². The molecule has 0 radical (unpaired) electrons. The van der Waals surface area contributed by atoms with E-state index in [1.807, 2.05) is 60.7 Å². The van der Waals surface area contributed by atoms with Crippen LogP contribution in [0.15, 0.2) is 65.7 Å². The summed E-state index contributed by atoms with van der Waals surface area (Å²) in [5, 5.41) is 0. The average molecular weight is 253 g/mol. The predicted octanol–water partition coefficient (Wildman–Crippen LogP) is 2.91. The third-order valence-electron chi connectivity index (χ3n) is 2.92. The third-order valence-corrected chi connectivity index (χ3v) is 2.92. The molecule has 0 fully saturated rings. The zero-order valence-corrected chi connectivity index (χ0v) is 10.5. The lowest BCUT2D eigenvalue weighted by molar-refractivity contribution is 0.243. The van der Waals surface area contributed by atoms with Gasteiger partial charge >= 0.3 is 0 Å². The van der Waals surface area contributed by atoms with Crippen molar-refractivity contribution in [1.29, 1.82) is 0 Å². The molecule has 0 spiro atoms. The van der Waals surface area contributed by atoms with Crippen molar-refractivity contribution >= 4 is 5.90 Å². The number of para-hydroxylation sites is 1. The highest BCUT2D eigenvalue weighted by Crippen LogP contribution is 2.14. The average Bonchev–Trinajstić information content (AvgIpc) is 2.96. The van der Waals surface area contributed by atoms with Gasteiger partial charge in [0.15, 0.2) is 0 Å². The maximum atomic E-state index is 5.69. The number of hydrogen-bond donors (Lipinski definition) is 0. The number of hydrogen-bond acceptors (Lipinski definition) is 3. The normalized spacial score (nSPS) is 17.7. The van der Waals surface area contributed by atoms with Gasteiger partial charge in [-0.2, -0.15) is 0 Å². The minimum absolute atomic E-state index is 0.0652. The summed E-state index contributed by atoms with van der Waals surface area (Å²) in [5.41, 5.74) is 1.02. The van der Waals surface area contributed by atoms with E-state index >= 15 is 0 Å². The molecule has 0 aromatic heterocycles. The van der Waals surface area contributed by atoms with Gasteiger partial charge in [-0.3, -0.25) is 0 Å². The van der Waals surface area contributed by atoms with Gasteiger partial charge in [-0.25, -0.2) is 4.99 Å². The van der Waals surface area contributed by atoms with Gasteiger partial charge in [0.05, 0.1) is 0 Å². The van der Waals surface area contributed by atoms with Crippen LogP contribution in [0.2, 0.25) is 0 Å². The smallest absolute Gasteiger partial charge is 0.216 e. The third kappa shape index (κ3) is 2.94. The highest BCUT2D eigenvalue weighted by Gasteiger charge is 2.20. The quantitative estimate of drug-likeness (QED) is 0.838. The van der Waals surface area contributed by atoms with Gasteiger partial charge in [-0.05, 0) is 24.3 Å². The molecule has 0 N–H and O–H groups in total. The van der Waals surface area contributed by atoms with Crippen LogP contribution in [0.3, 0.4) is 0 Å². The van der Waals surface area contributed by atoms with Gasteiger partial charge in [0.1, 0.15) is 25.0 Å². The van der Waals surface area contributed by atoms with Gasteiger partial charge in [0.2, 0.25) is 5.90 Å². The molecule has 0 aliphatic carbocycles. The predicted molar refractivity (Wildman–Crippen MR) is 74.7 cm³/mol. The molecule has 19 heavy (non-hydrogen) atoms. The standard InChI is InChI=1S/C16H15NO2/c1-3-7-13(8-4-1)16-17-14(12-19-16)11-18-15-9-5-2-6-10-15/h1-10,14H,11-12H2. The molecule has 3 rings (SSSR count). The molecule has 1 aliphatic rings. The maximum Gasteiger partial charge on any atom is 0.216 e. The summed E-state index contributed by atoms with van der Waals surface area (Å²) >= 11 is 0. The fourth-order valence-corrected chi connectivity index (χ4v) is 1.95. The van der Waals surface area contributed by atoms with E-state index in [2.05, 4.69) is 4.99 Å². The fourth-order valence-electron chi connectivity index (χ4n) is 1.95. The molecule has 2 aromatic carbocycles. The molecule has 1 heterocycles. The fraction of sp³-hybridized carbons (Fsp3) is 0.188. The van der Waals surface area contributed by atoms with Crippen molar-refractivity contribution < 1.29 is 9.47 Å². The van der Waals surface area contributed by atoms with E-state index in [9.17, 15) is 0 Å². The summed E-state index contributed by atoms with van der Waals surface area (Å²) in [4.78, 5) is 4.54. The van der Waals surface area contributed by atoms with Gasteiger partial charge in [-0.15, -0.1) is 0 Å². The van der Waals surface area contributed by atoms with Crippen LogP contribution in [0, 0.1) is 0 Å². The van der Waals surface area contributed by atoms with Gasteiger partial charge in [-0.1, -0.05) is 36.4 Å². The van der Waals surface area contributed by atoms with E-state index in [1.165, 1.54) is 0 Å². The first-order chi connectivity index (χ1) is 9.42. The largest absolute Gasteiger partial charge is 0.491 e. The van der Waals surface area contributed by atoms with Crippen LogP contribution in [0.5, 0.6) is 5.75 Å². The Hall–Kier alpha value is -2.29. The first kappa shape index (κ1) is 11.8. The van der Waals surface area contributed by atoms with Crippen LogP contribution in [0.25, 0.3) is 0 Å². The topological polar surface area (TPSA) is 30.8 Å². The SMILES string of the molecule is c1ccc(OCC2COC(c3ccccc3)=N2)cc1. The first-order valence-electron chi connectivity index (χ1n) is 6.36. The van der Waals surface area contributed by atoms with E-state index in [0.29, 0.717) is 19.1 Å². The van der Waals surface area contributed by atoms with Crippen molar-refractivity contribution in [3.8, 4) is 5.75 Å². The lowest BCUT2D eigenvalue weighted by Crippen LogP contribution is -2.16. The van der Waals surface area contributed by atoms with Gasteiger partial charge < -0.3 is 9.47 Å². The van der Waals surface area contributed by atoms with E-state index in [-0.39, 0.29) is 6.04 Å². The summed E-state index contributed by atoms with van der Waals surface area (Å²) < 4.78 is 11.3. The molecule has 2 aromatic rings. The second-order valence-electron chi connectivity index (χ2n) is 4.39. The van der Waals surface area contributed by atoms with E-state index in [1.54, 1.807) is 0 Å². The molecule has 0 amide bonds. The molecule has 0 saturated carbocycles. The number of rotatable bonds is 4. The van der Waals surface area contributed by atoms with E-state index in [0.717, 1.165) is 11.3 Å². The van der Waals surface area contributed by atoms with Crippen molar-refractivity contribution in [2.24, 2.45) is 4.99 Å². The Labute approximate surface area is 112 Å². The van der Waals surface area contributed by atoms with E-state index < -0.39 is 0 Å². The summed E-state index contributed by atoms with van der Waals surface area (Å²) in [6.45, 7) is 1.12. The van der Waals surface area contributed by atoms with Crippen LogP contribution in [-0.2, 0) is 4.74 Å². The minimum atomic E-state index is 0.0652. The number of aliphatic imine (C=N–C) groups is 1. The van der Waals surface area contributed by atoms with Crippen LogP contribution >= 0.6 is 0 Å². The molecular formula is C16H15NO2. The van der Waals surface area contributed by atoms with Crippen molar-refractivity contribution in [1.82, 2.24) is 0 Å². The van der Waals surface area contributed by atoms with Crippen LogP contribution in [0.1, 0.15) is 5.56 Å². The summed E-state index contributed by atoms with van der Waals surface area (Å²) in [5.74, 6) is 1.58. The summed E-state index contributed by atoms with van der Waals surface area (Å²) in [6, 6.07) is 19.8. The van der Waals surface area contributed by atoms with Crippen molar-refractivity contribution in [2.45, 2.75) is 6.04 Å². The Morgan fingerprint density at radius 3 is 2.42 bits per heavy atom. The molecule has 3 nitrogen and oxygen atoms in total. The first-order valence-corrected chi connectivity index (χ1v) is 6.36. The van der Waals surface area contributed by atoms with Crippen LogP contribution in [-0.4, -0.2) is 25.2 Å². The molecule has 96 valence electrons. The van der Waals surface area contributed by atoms with Gasteiger partial charge in [0.25, 0.3) is 0 Å². The second-order valence-corrected chi connectivity index (χ2v) is 4.39. The zero-order chi connectivity index (χ0) is 12.9. The minimum Gasteiger partial charge on any atom is -0.491 e. The number of nitrogens with zero attached hydrogens (tertiary/aromatic N) is 1. The number of benzene rings is 2. The monoisotopic (exact) mass is 253 g/mol. The Morgan fingerprint density at radius 1 is 1.00 bits per heavy atom. The Morgan fingerprint density at radius 2 is 1.68 bits per heavy atom. The zero-order valence-electron chi connectivity index (χ0n) is 10.5. The molecular weight excluding hydrogens is 238 g/mol. The maximum absolute atomic E-state index is 5.69. The van der Waals surface area contributed by atoms with Crippen molar-refractivity contribution in [3.05, 3.63) is 66.2 Å². The number of ether oxygens (including phenoxy) is 2. The molecule has 3 heteroatoms. The Balaban J connectivity index is 1.61. The Bertz CT molecular complexity index is 551. The molecule has 0 saturated heterocycles. The highest BCUT2D eigenvalue weighted by atomic mass is 16.5. The second kappa shape index (κ2) is 5.57. The highest BCUT2D eigenvalue weighted by molar-refractivity contribution is 5.95. The summed E-state index contributed by atoms with van der Waals surface area (Å²) in [7, 11) is 0. The molecule has 1 aliphatic heterocycles.